The van der Waals surface area contributed by atoms with E-state index in [0.717, 1.165) is 111 Å². The molecule has 15 rings (SSSR count). The maximum atomic E-state index is 9.19. The van der Waals surface area contributed by atoms with Gasteiger partial charge in [-0.05, 0) is 167 Å². The number of nitrogens with zero attached hydrogens (tertiary/aromatic N) is 5. The maximum absolute atomic E-state index is 9.19. The van der Waals surface area contributed by atoms with Crippen LogP contribution in [0, 0.1) is 22.7 Å². The lowest BCUT2D eigenvalue weighted by atomic mass is 9.80. The number of aromatic nitrogens is 3. The van der Waals surface area contributed by atoms with Gasteiger partial charge in [0.05, 0.1) is 29.0 Å². The summed E-state index contributed by atoms with van der Waals surface area (Å²) in [6, 6.07) is 105. The third kappa shape index (κ3) is 15.2. The highest BCUT2D eigenvalue weighted by Crippen LogP contribution is 2.40. The van der Waals surface area contributed by atoms with Gasteiger partial charge < -0.3 is 24.9 Å². The first kappa shape index (κ1) is 64.0. The number of benzene rings is 12. The summed E-state index contributed by atoms with van der Waals surface area (Å²) in [6.07, 6.45) is 7.15. The minimum absolute atomic E-state index is 0.386. The van der Waals surface area contributed by atoms with Gasteiger partial charge in [-0.1, -0.05) is 242 Å². The predicted octanol–water partition coefficient (Wildman–Crippen LogP) is 19.9. The van der Waals surface area contributed by atoms with Crippen molar-refractivity contribution in [2.75, 3.05) is 5.73 Å². The fourth-order valence-electron chi connectivity index (χ4n) is 11.4. The van der Waals surface area contributed by atoms with E-state index in [1.54, 1.807) is 36.8 Å². The van der Waals surface area contributed by atoms with Gasteiger partial charge in [-0.25, -0.2) is 4.98 Å². The number of rotatable bonds is 14. The number of nitriles is 2. The third-order valence-electron chi connectivity index (χ3n) is 16.8. The molecule has 0 aliphatic heterocycles. The van der Waals surface area contributed by atoms with Crippen LogP contribution in [0.2, 0.25) is 5.02 Å². The third-order valence-corrected chi connectivity index (χ3v) is 17.0. The van der Waals surface area contributed by atoms with Crippen LogP contribution in [-0.2, 0) is 6.61 Å². The van der Waals surface area contributed by atoms with Crippen LogP contribution in [0.25, 0.3) is 123 Å². The molecule has 0 bridgehead atoms. The van der Waals surface area contributed by atoms with E-state index in [1.165, 1.54) is 11.1 Å². The average Bonchev–Trinajstić information content (AvgIpc) is 1.55. The Morgan fingerprint density at radius 3 is 1.21 bits per heavy atom. The van der Waals surface area contributed by atoms with E-state index in [4.69, 9.17) is 46.8 Å². The number of fused-ring (bicyclic) bond motifs is 1. The average molecular weight is 1290 g/mol. The largest absolute Gasteiger partial charge is 0.488 e. The van der Waals surface area contributed by atoms with Crippen molar-refractivity contribution in [3.63, 3.8) is 0 Å². The highest BCUT2D eigenvalue weighted by Gasteiger charge is 2.18. The molecule has 0 radical (unpaired) electrons. The Kier molecular flexibility index (Phi) is 19.7. The Hall–Kier alpha value is -12.7. The number of ether oxygens (including phenoxy) is 1. The van der Waals surface area contributed by atoms with Gasteiger partial charge in [0.25, 0.3) is 0 Å². The number of pyridine rings is 2. The van der Waals surface area contributed by atoms with E-state index in [0.29, 0.717) is 45.5 Å². The molecule has 0 saturated heterocycles. The Labute approximate surface area is 573 Å². The number of hydrogen-bond donors (Lipinski definition) is 3. The fourth-order valence-corrected chi connectivity index (χ4v) is 11.6. The highest BCUT2D eigenvalue weighted by atomic mass is 35.5. The van der Waals surface area contributed by atoms with Crippen molar-refractivity contribution in [3.05, 3.63) is 350 Å². The van der Waals surface area contributed by atoms with Crippen LogP contribution in [0.1, 0.15) is 16.7 Å². The Bertz CT molecular complexity index is 5250. The molecule has 3 heterocycles. The van der Waals surface area contributed by atoms with Crippen molar-refractivity contribution in [2.45, 2.75) is 6.61 Å². The van der Waals surface area contributed by atoms with Crippen LogP contribution in [0.4, 0.5) is 5.69 Å². The van der Waals surface area contributed by atoms with E-state index in [9.17, 15) is 5.26 Å². The normalized spacial score (nSPS) is 10.7. The number of anilines is 1. The van der Waals surface area contributed by atoms with Gasteiger partial charge in [0, 0.05) is 52.6 Å². The zero-order valence-corrected chi connectivity index (χ0v) is 53.6. The van der Waals surface area contributed by atoms with Crippen molar-refractivity contribution in [1.82, 2.24) is 15.0 Å². The van der Waals surface area contributed by atoms with E-state index in [1.807, 2.05) is 152 Å². The first-order valence-electron chi connectivity index (χ1n) is 31.7. The minimum Gasteiger partial charge on any atom is -0.487 e. The summed E-state index contributed by atoms with van der Waals surface area (Å²) in [4.78, 5) is 13.3. The lowest BCUT2D eigenvalue weighted by molar-refractivity contribution is 0.308. The Morgan fingerprint density at radius 2 is 0.776 bits per heavy atom. The summed E-state index contributed by atoms with van der Waals surface area (Å²) in [7, 11) is -1.41. The van der Waals surface area contributed by atoms with Gasteiger partial charge in [0.2, 0.25) is 5.89 Å². The monoisotopic (exact) mass is 1290 g/mol. The minimum atomic E-state index is -1.41. The van der Waals surface area contributed by atoms with Crippen LogP contribution in [0.3, 0.4) is 0 Å². The molecule has 98 heavy (non-hydrogen) atoms. The van der Waals surface area contributed by atoms with E-state index in [2.05, 4.69) is 162 Å². The standard InChI is InChI=1S/C43H27N3O.C32H23ClN2O.C11H10BNO2/c44-27-29-8-10-31(11-9-29)33-16-20-36(21-17-33)40-25-39(35-14-12-34(13-15-35)38-7-4-24-45-28-38)26-41-42(40)46-43(47-41)37-22-18-32(19-23-37)30-5-2-1-3-6-30;33-29-18-30(28-16-14-27(15-17-28)26-10-6-22(20-34)7-11-26)32(35)31(19-29)36-21-23-8-12-25(13-9-23)24-4-2-1-3-5-24;14-12(15)11-5-3-9(4-6-11)10-2-1-7-13-8-10/h1-26,28H;1-19H,21,35H2;1-8,14-15H. The SMILES string of the molecule is N#Cc1ccc(-c2ccc(-c3cc(-c4ccc(-c5cccnc5)cc4)cc4oc(-c5ccc(-c6ccccc6)cc5)nc34)cc2)cc1.N#Cc1ccc(-c2ccc(-c3cc(Cl)cc(OCc4ccc(-c5ccccc5)cc4)c3N)cc2)cc1.OB(O)c1ccc(-c2cccnc2)cc1. The van der Waals surface area contributed by atoms with Crippen molar-refractivity contribution >= 4 is 41.0 Å². The molecular formula is C86H60BClN6O4. The number of hydrogen-bond acceptors (Lipinski definition) is 10. The Morgan fingerprint density at radius 1 is 0.398 bits per heavy atom. The zero-order chi connectivity index (χ0) is 67.2. The van der Waals surface area contributed by atoms with Gasteiger partial charge in [-0.3, -0.25) is 9.97 Å². The van der Waals surface area contributed by atoms with E-state index >= 15 is 0 Å². The van der Waals surface area contributed by atoms with Crippen molar-refractivity contribution in [2.24, 2.45) is 0 Å². The molecule has 10 nitrogen and oxygen atoms in total. The van der Waals surface area contributed by atoms with Crippen molar-refractivity contribution < 1.29 is 19.2 Å². The van der Waals surface area contributed by atoms with Crippen LogP contribution < -0.4 is 15.9 Å². The number of halogens is 1. The van der Waals surface area contributed by atoms with Crippen LogP contribution in [0.15, 0.2) is 333 Å². The summed E-state index contributed by atoms with van der Waals surface area (Å²) in [5.74, 6) is 1.14. The topological polar surface area (TPSA) is 175 Å². The molecule has 0 fully saturated rings. The molecule has 15 aromatic rings. The lowest BCUT2D eigenvalue weighted by Gasteiger charge is -2.14. The van der Waals surface area contributed by atoms with E-state index in [-0.39, 0.29) is 0 Å². The number of nitrogen functional groups attached to an aromatic ring is 1. The van der Waals surface area contributed by atoms with Gasteiger partial charge >= 0.3 is 7.12 Å². The van der Waals surface area contributed by atoms with Crippen molar-refractivity contribution in [3.8, 4) is 129 Å². The molecule has 0 spiro atoms. The number of nitrogens with two attached hydrogens (primary N) is 1. The predicted molar refractivity (Wildman–Crippen MR) is 396 cm³/mol. The molecule has 0 aliphatic carbocycles. The highest BCUT2D eigenvalue weighted by molar-refractivity contribution is 6.58. The molecule has 0 saturated carbocycles. The lowest BCUT2D eigenvalue weighted by Crippen LogP contribution is -2.29. The second-order valence-corrected chi connectivity index (χ2v) is 23.6. The number of oxazole rings is 1. The van der Waals surface area contributed by atoms with Crippen molar-refractivity contribution in [1.29, 1.82) is 10.5 Å². The second-order valence-electron chi connectivity index (χ2n) is 23.1. The van der Waals surface area contributed by atoms with Crippen LogP contribution in [0.5, 0.6) is 5.75 Å². The molecule has 0 atom stereocenters. The van der Waals surface area contributed by atoms with Gasteiger partial charge in [0.15, 0.2) is 5.58 Å². The quantitative estimate of drug-likeness (QED) is 0.0702. The maximum Gasteiger partial charge on any atom is 0.488 e. The summed E-state index contributed by atoms with van der Waals surface area (Å²) >= 11 is 6.44. The van der Waals surface area contributed by atoms with Crippen LogP contribution in [-0.4, -0.2) is 32.1 Å². The molecular weight excluding hydrogens is 1230 g/mol. The smallest absolute Gasteiger partial charge is 0.487 e. The van der Waals surface area contributed by atoms with Gasteiger partial charge in [-0.15, -0.1) is 0 Å². The molecule has 12 heteroatoms. The summed E-state index contributed by atoms with van der Waals surface area (Å²) in [6.45, 7) is 0.386. The Balaban J connectivity index is 0.000000149. The second kappa shape index (κ2) is 30.1. The van der Waals surface area contributed by atoms with Crippen LogP contribution >= 0.6 is 11.6 Å². The molecule has 0 amide bonds. The molecule has 4 N–H and O–H groups in total. The van der Waals surface area contributed by atoms with E-state index < -0.39 is 7.12 Å². The molecule has 468 valence electrons. The molecule has 0 unspecified atom stereocenters. The first-order chi connectivity index (χ1) is 48.1. The molecule has 12 aromatic carbocycles. The first-order valence-corrected chi connectivity index (χ1v) is 32.0. The zero-order valence-electron chi connectivity index (χ0n) is 52.9. The molecule has 3 aromatic heterocycles. The summed E-state index contributed by atoms with van der Waals surface area (Å²) in [5.41, 5.74) is 31.4. The molecule has 0 aliphatic rings. The fraction of sp³-hybridized carbons (Fsp3) is 0.0116. The summed E-state index contributed by atoms with van der Waals surface area (Å²) in [5, 5.41) is 36.6. The van der Waals surface area contributed by atoms with Gasteiger partial charge in [-0.2, -0.15) is 10.5 Å². The summed E-state index contributed by atoms with van der Waals surface area (Å²) < 4.78 is 12.6. The van der Waals surface area contributed by atoms with Gasteiger partial charge in [0.1, 0.15) is 17.9 Å².